The van der Waals surface area contributed by atoms with Gasteiger partial charge in [-0.05, 0) is 23.8 Å². The maximum atomic E-state index is 10.2. The van der Waals surface area contributed by atoms with E-state index in [1.165, 1.54) is 0 Å². The molecular formula is C24H26N2O3. The average molecular weight is 390 g/mol. The highest BCUT2D eigenvalue weighted by molar-refractivity contribution is 6.10. The average Bonchev–Trinajstić information content (AvgIpc) is 3.14. The molecule has 0 spiro atoms. The van der Waals surface area contributed by atoms with Gasteiger partial charge in [-0.15, -0.1) is 0 Å². The van der Waals surface area contributed by atoms with E-state index < -0.39 is 6.10 Å². The molecule has 0 saturated heterocycles. The van der Waals surface area contributed by atoms with E-state index in [-0.39, 0.29) is 6.61 Å². The second-order valence-corrected chi connectivity index (χ2v) is 7.06. The maximum Gasteiger partial charge on any atom is 0.129 e. The monoisotopic (exact) mass is 390 g/mol. The van der Waals surface area contributed by atoms with Crippen LogP contribution in [-0.2, 0) is 11.3 Å². The van der Waals surface area contributed by atoms with Gasteiger partial charge < -0.3 is 24.9 Å². The van der Waals surface area contributed by atoms with Crippen LogP contribution in [0.5, 0.6) is 5.75 Å². The highest BCUT2D eigenvalue weighted by Crippen LogP contribution is 2.32. The van der Waals surface area contributed by atoms with Crippen LogP contribution in [0.1, 0.15) is 5.56 Å². The fraction of sp³-hybridized carbons (Fsp3) is 0.250. The lowest BCUT2D eigenvalue weighted by molar-refractivity contribution is 0.0961. The molecule has 29 heavy (non-hydrogen) atoms. The molecule has 1 atom stereocenters. The summed E-state index contributed by atoms with van der Waals surface area (Å²) in [6, 6.07) is 24.2. The van der Waals surface area contributed by atoms with E-state index >= 15 is 0 Å². The molecule has 0 aliphatic carbocycles. The largest absolute Gasteiger partial charge is 0.490 e. The number of hydrogen-bond donors (Lipinski definition) is 3. The molecule has 150 valence electrons. The number of aromatic nitrogens is 1. The summed E-state index contributed by atoms with van der Waals surface area (Å²) < 4.78 is 11.6. The zero-order valence-electron chi connectivity index (χ0n) is 16.3. The van der Waals surface area contributed by atoms with Gasteiger partial charge in [0.25, 0.3) is 0 Å². The Labute approximate surface area is 170 Å². The minimum Gasteiger partial charge on any atom is -0.490 e. The zero-order valence-corrected chi connectivity index (χ0v) is 16.3. The van der Waals surface area contributed by atoms with Crippen LogP contribution in [0.4, 0.5) is 0 Å². The summed E-state index contributed by atoms with van der Waals surface area (Å²) in [5.41, 5.74) is 3.27. The fourth-order valence-corrected chi connectivity index (χ4v) is 3.41. The van der Waals surface area contributed by atoms with Crippen molar-refractivity contribution >= 4 is 21.8 Å². The molecule has 0 fully saturated rings. The van der Waals surface area contributed by atoms with E-state index in [1.54, 1.807) is 0 Å². The first-order valence-corrected chi connectivity index (χ1v) is 9.94. The lowest BCUT2D eigenvalue weighted by Gasteiger charge is -2.14. The molecule has 0 bridgehead atoms. The Morgan fingerprint density at radius 3 is 2.59 bits per heavy atom. The van der Waals surface area contributed by atoms with Crippen LogP contribution in [0.15, 0.2) is 72.8 Å². The van der Waals surface area contributed by atoms with Crippen molar-refractivity contribution in [1.82, 2.24) is 10.3 Å². The third-order valence-corrected chi connectivity index (χ3v) is 4.84. The number of rotatable bonds is 10. The molecule has 5 nitrogen and oxygen atoms in total. The quantitative estimate of drug-likeness (QED) is 0.360. The first-order chi connectivity index (χ1) is 14.3. The Bertz CT molecular complexity index is 1050. The summed E-state index contributed by atoms with van der Waals surface area (Å²) in [5.74, 6) is 0.783. The van der Waals surface area contributed by atoms with Crippen LogP contribution in [0.25, 0.3) is 21.8 Å². The zero-order chi connectivity index (χ0) is 19.9. The molecule has 4 rings (SSSR count). The number of nitrogens with one attached hydrogen (secondary N) is 2. The van der Waals surface area contributed by atoms with E-state index in [2.05, 4.69) is 22.4 Å². The number of aromatic amines is 1. The normalized spacial score (nSPS) is 12.4. The standard InChI is InChI=1S/C24H26N2O3/c27-19(15-25-13-14-28-16-18-7-2-1-3-8-18)17-29-23-12-6-11-22-24(23)20-9-4-5-10-21(20)26-22/h1-12,19,25-27H,13-17H2. The first kappa shape index (κ1) is 19.5. The summed E-state index contributed by atoms with van der Waals surface area (Å²) in [5, 5.41) is 15.6. The van der Waals surface area contributed by atoms with E-state index in [9.17, 15) is 5.11 Å². The summed E-state index contributed by atoms with van der Waals surface area (Å²) >= 11 is 0. The summed E-state index contributed by atoms with van der Waals surface area (Å²) in [6.07, 6.45) is -0.593. The molecule has 1 unspecified atom stereocenters. The van der Waals surface area contributed by atoms with Crippen molar-refractivity contribution in [2.75, 3.05) is 26.3 Å². The minimum absolute atomic E-state index is 0.233. The maximum absolute atomic E-state index is 10.2. The Hall–Kier alpha value is -2.86. The molecule has 4 aromatic rings. The molecule has 0 amide bonds. The van der Waals surface area contributed by atoms with Crippen LogP contribution in [-0.4, -0.2) is 42.5 Å². The van der Waals surface area contributed by atoms with Crippen molar-refractivity contribution in [2.24, 2.45) is 0 Å². The minimum atomic E-state index is -0.593. The molecular weight excluding hydrogens is 364 g/mol. The van der Waals surface area contributed by atoms with Gasteiger partial charge in [0, 0.05) is 29.4 Å². The van der Waals surface area contributed by atoms with Gasteiger partial charge in [0.05, 0.1) is 18.7 Å². The molecule has 1 aromatic heterocycles. The molecule has 0 saturated carbocycles. The van der Waals surface area contributed by atoms with Gasteiger partial charge in [0.1, 0.15) is 18.5 Å². The number of ether oxygens (including phenoxy) is 2. The summed E-state index contributed by atoms with van der Waals surface area (Å²) in [7, 11) is 0. The van der Waals surface area contributed by atoms with E-state index in [0.717, 1.165) is 33.1 Å². The molecule has 1 heterocycles. The predicted octanol–water partition coefficient (Wildman–Crippen LogP) is 3.87. The van der Waals surface area contributed by atoms with Gasteiger partial charge in [-0.3, -0.25) is 0 Å². The number of benzene rings is 3. The predicted molar refractivity (Wildman–Crippen MR) is 116 cm³/mol. The van der Waals surface area contributed by atoms with Crippen LogP contribution in [0.3, 0.4) is 0 Å². The molecule has 0 aliphatic rings. The molecule has 0 aliphatic heterocycles. The molecule has 0 radical (unpaired) electrons. The highest BCUT2D eigenvalue weighted by Gasteiger charge is 2.11. The second-order valence-electron chi connectivity index (χ2n) is 7.06. The van der Waals surface area contributed by atoms with Crippen LogP contribution < -0.4 is 10.1 Å². The summed E-state index contributed by atoms with van der Waals surface area (Å²) in [6.45, 7) is 2.57. The SMILES string of the molecule is OC(CNCCOCc1ccccc1)COc1cccc2[nH]c3ccccc3c12. The topological polar surface area (TPSA) is 66.5 Å². The Kier molecular flexibility index (Phi) is 6.42. The van der Waals surface area contributed by atoms with Crippen LogP contribution in [0, 0.1) is 0 Å². The van der Waals surface area contributed by atoms with Crippen molar-refractivity contribution in [2.45, 2.75) is 12.7 Å². The van der Waals surface area contributed by atoms with Gasteiger partial charge in [0.15, 0.2) is 0 Å². The second kappa shape index (κ2) is 9.56. The van der Waals surface area contributed by atoms with Crippen molar-refractivity contribution in [1.29, 1.82) is 0 Å². The van der Waals surface area contributed by atoms with E-state index in [1.807, 2.05) is 60.7 Å². The smallest absolute Gasteiger partial charge is 0.129 e. The fourth-order valence-electron chi connectivity index (χ4n) is 3.41. The van der Waals surface area contributed by atoms with Gasteiger partial charge in [-0.1, -0.05) is 54.6 Å². The lowest BCUT2D eigenvalue weighted by Crippen LogP contribution is -2.33. The van der Waals surface area contributed by atoms with Crippen LogP contribution >= 0.6 is 0 Å². The number of aliphatic hydroxyl groups excluding tert-OH is 1. The number of H-pyrrole nitrogens is 1. The van der Waals surface area contributed by atoms with Gasteiger partial charge in [-0.25, -0.2) is 0 Å². The van der Waals surface area contributed by atoms with Gasteiger partial charge in [-0.2, -0.15) is 0 Å². The van der Waals surface area contributed by atoms with E-state index in [4.69, 9.17) is 9.47 Å². The van der Waals surface area contributed by atoms with Gasteiger partial charge in [0.2, 0.25) is 0 Å². The third kappa shape index (κ3) is 4.95. The van der Waals surface area contributed by atoms with E-state index in [0.29, 0.717) is 26.3 Å². The Balaban J connectivity index is 1.22. The molecule has 3 N–H and O–H groups in total. The first-order valence-electron chi connectivity index (χ1n) is 9.94. The number of hydrogen-bond acceptors (Lipinski definition) is 4. The van der Waals surface area contributed by atoms with Crippen molar-refractivity contribution in [3.05, 3.63) is 78.4 Å². The van der Waals surface area contributed by atoms with Crippen molar-refractivity contribution < 1.29 is 14.6 Å². The molecule has 3 aromatic carbocycles. The van der Waals surface area contributed by atoms with Crippen molar-refractivity contribution in [3.63, 3.8) is 0 Å². The lowest BCUT2D eigenvalue weighted by atomic mass is 10.1. The third-order valence-electron chi connectivity index (χ3n) is 4.84. The van der Waals surface area contributed by atoms with Crippen molar-refractivity contribution in [3.8, 4) is 5.75 Å². The molecule has 5 heteroatoms. The Morgan fingerprint density at radius 2 is 1.69 bits per heavy atom. The van der Waals surface area contributed by atoms with Gasteiger partial charge >= 0.3 is 0 Å². The number of aliphatic hydroxyl groups is 1. The Morgan fingerprint density at radius 1 is 0.897 bits per heavy atom. The number of para-hydroxylation sites is 1. The highest BCUT2D eigenvalue weighted by atomic mass is 16.5. The number of fused-ring (bicyclic) bond motifs is 3. The van der Waals surface area contributed by atoms with Crippen LogP contribution in [0.2, 0.25) is 0 Å². The summed E-state index contributed by atoms with van der Waals surface area (Å²) in [4.78, 5) is 3.40.